The second-order valence-corrected chi connectivity index (χ2v) is 6.27. The lowest BCUT2D eigenvalue weighted by Crippen LogP contribution is -2.44. The van der Waals surface area contributed by atoms with E-state index >= 15 is 0 Å². The second kappa shape index (κ2) is 8.53. The molecule has 1 aromatic carbocycles. The van der Waals surface area contributed by atoms with Crippen molar-refractivity contribution in [3.63, 3.8) is 0 Å². The number of imidazole rings is 1. The molecule has 0 fully saturated rings. The van der Waals surface area contributed by atoms with Gasteiger partial charge in [0.25, 0.3) is 0 Å². The van der Waals surface area contributed by atoms with Crippen molar-refractivity contribution >= 4 is 6.03 Å². The molecule has 0 bridgehead atoms. The lowest BCUT2D eigenvalue weighted by Gasteiger charge is -2.23. The minimum absolute atomic E-state index is 0.225. The highest BCUT2D eigenvalue weighted by Crippen LogP contribution is 2.22. The van der Waals surface area contributed by atoms with Crippen molar-refractivity contribution in [2.45, 2.75) is 19.0 Å². The van der Waals surface area contributed by atoms with Gasteiger partial charge < -0.3 is 24.8 Å². The van der Waals surface area contributed by atoms with E-state index in [9.17, 15) is 4.79 Å². The largest absolute Gasteiger partial charge is 0.497 e. The van der Waals surface area contributed by atoms with Crippen LogP contribution in [0.2, 0.25) is 0 Å². The standard InChI is InChI=1S/C18H27N5O2/c1-13(22(2)3)12-20-18(24)21-16(17-19-10-11-23(17)4)14-6-8-15(25-5)9-7-14/h6-11,13,16H,12H2,1-5H3,(H2,20,21,24)/t13-,16+/m1/s1. The quantitative estimate of drug-likeness (QED) is 0.802. The van der Waals surface area contributed by atoms with Crippen molar-refractivity contribution in [1.82, 2.24) is 25.1 Å². The van der Waals surface area contributed by atoms with Gasteiger partial charge in [0.1, 0.15) is 17.6 Å². The first kappa shape index (κ1) is 18.8. The van der Waals surface area contributed by atoms with Crippen LogP contribution in [-0.2, 0) is 7.05 Å². The van der Waals surface area contributed by atoms with E-state index in [1.165, 1.54) is 0 Å². The Morgan fingerprint density at radius 2 is 2.00 bits per heavy atom. The summed E-state index contributed by atoms with van der Waals surface area (Å²) in [6.45, 7) is 2.62. The molecule has 0 unspecified atom stereocenters. The summed E-state index contributed by atoms with van der Waals surface area (Å²) in [4.78, 5) is 18.8. The van der Waals surface area contributed by atoms with E-state index in [4.69, 9.17) is 4.74 Å². The maximum absolute atomic E-state index is 12.4. The molecule has 1 heterocycles. The number of methoxy groups -OCH3 is 1. The van der Waals surface area contributed by atoms with Crippen molar-refractivity contribution in [1.29, 1.82) is 0 Å². The lowest BCUT2D eigenvalue weighted by molar-refractivity contribution is 0.232. The Hall–Kier alpha value is -2.54. The maximum atomic E-state index is 12.4. The monoisotopic (exact) mass is 345 g/mol. The SMILES string of the molecule is COc1ccc([C@H](NC(=O)NC[C@@H](C)N(C)C)c2nccn2C)cc1. The predicted octanol–water partition coefficient (Wildman–Crippen LogP) is 1.77. The van der Waals surface area contributed by atoms with Crippen molar-refractivity contribution in [2.75, 3.05) is 27.7 Å². The lowest BCUT2D eigenvalue weighted by atomic mass is 10.1. The summed E-state index contributed by atoms with van der Waals surface area (Å²) < 4.78 is 7.11. The normalized spacial score (nSPS) is 13.4. The van der Waals surface area contributed by atoms with E-state index in [2.05, 4.69) is 27.4 Å². The minimum Gasteiger partial charge on any atom is -0.497 e. The van der Waals surface area contributed by atoms with Gasteiger partial charge in [0.15, 0.2) is 0 Å². The Balaban J connectivity index is 2.15. The second-order valence-electron chi connectivity index (χ2n) is 6.27. The fraction of sp³-hybridized carbons (Fsp3) is 0.444. The Labute approximate surface area is 149 Å². The Kier molecular flexibility index (Phi) is 6.41. The molecule has 0 aliphatic rings. The number of ether oxygens (including phenoxy) is 1. The number of amides is 2. The summed E-state index contributed by atoms with van der Waals surface area (Å²) in [5.41, 5.74) is 0.936. The first-order valence-corrected chi connectivity index (χ1v) is 8.24. The van der Waals surface area contributed by atoms with Crippen LogP contribution < -0.4 is 15.4 Å². The molecule has 2 N–H and O–H groups in total. The Morgan fingerprint density at radius 1 is 1.32 bits per heavy atom. The fourth-order valence-electron chi connectivity index (χ4n) is 2.35. The van der Waals surface area contributed by atoms with Crippen LogP contribution in [0.25, 0.3) is 0 Å². The maximum Gasteiger partial charge on any atom is 0.315 e. The molecule has 2 aromatic rings. The van der Waals surface area contributed by atoms with Crippen molar-refractivity contribution in [3.8, 4) is 5.75 Å². The summed E-state index contributed by atoms with van der Waals surface area (Å²) in [5, 5.41) is 5.93. The molecular formula is C18H27N5O2. The summed E-state index contributed by atoms with van der Waals surface area (Å²) in [7, 11) is 7.51. The van der Waals surface area contributed by atoms with Crippen LogP contribution in [0.4, 0.5) is 4.79 Å². The average molecular weight is 345 g/mol. The smallest absolute Gasteiger partial charge is 0.315 e. The van der Waals surface area contributed by atoms with Gasteiger partial charge in [-0.05, 0) is 38.7 Å². The molecule has 0 saturated heterocycles. The van der Waals surface area contributed by atoms with E-state index in [-0.39, 0.29) is 18.1 Å². The number of benzene rings is 1. The number of nitrogens with one attached hydrogen (secondary N) is 2. The summed E-state index contributed by atoms with van der Waals surface area (Å²) in [6, 6.07) is 7.29. The third-order valence-corrected chi connectivity index (χ3v) is 4.28. The number of hydrogen-bond acceptors (Lipinski definition) is 4. The van der Waals surface area contributed by atoms with Crippen LogP contribution in [0.3, 0.4) is 0 Å². The molecule has 7 nitrogen and oxygen atoms in total. The van der Waals surface area contributed by atoms with E-state index in [0.29, 0.717) is 6.54 Å². The van der Waals surface area contributed by atoms with E-state index in [1.807, 2.05) is 56.2 Å². The molecule has 25 heavy (non-hydrogen) atoms. The summed E-state index contributed by atoms with van der Waals surface area (Å²) >= 11 is 0. The highest BCUT2D eigenvalue weighted by Gasteiger charge is 2.21. The van der Waals surface area contributed by atoms with Crippen molar-refractivity contribution < 1.29 is 9.53 Å². The van der Waals surface area contributed by atoms with Gasteiger partial charge in [-0.1, -0.05) is 12.1 Å². The molecule has 2 atom stereocenters. The van der Waals surface area contributed by atoms with Crippen LogP contribution in [0, 0.1) is 0 Å². The van der Waals surface area contributed by atoms with Crippen molar-refractivity contribution in [3.05, 3.63) is 48.0 Å². The number of carbonyl (C=O) groups excluding carboxylic acids is 1. The molecule has 0 saturated carbocycles. The molecule has 0 aliphatic carbocycles. The average Bonchev–Trinajstić information content (AvgIpc) is 3.03. The van der Waals surface area contributed by atoms with Crippen LogP contribution >= 0.6 is 0 Å². The van der Waals surface area contributed by atoms with Crippen LogP contribution in [0.1, 0.15) is 24.4 Å². The molecule has 0 radical (unpaired) electrons. The number of carbonyl (C=O) groups is 1. The molecule has 7 heteroatoms. The summed E-state index contributed by atoms with van der Waals surface area (Å²) in [5.74, 6) is 1.53. The van der Waals surface area contributed by atoms with Gasteiger partial charge in [0.2, 0.25) is 0 Å². The first-order chi connectivity index (χ1) is 11.9. The van der Waals surface area contributed by atoms with Crippen LogP contribution in [-0.4, -0.2) is 54.3 Å². The van der Waals surface area contributed by atoms with Crippen LogP contribution in [0.15, 0.2) is 36.7 Å². The third-order valence-electron chi connectivity index (χ3n) is 4.28. The zero-order valence-corrected chi connectivity index (χ0v) is 15.5. The zero-order valence-electron chi connectivity index (χ0n) is 15.5. The minimum atomic E-state index is -0.347. The number of hydrogen-bond donors (Lipinski definition) is 2. The number of likely N-dealkylation sites (N-methyl/N-ethyl adjacent to an activating group) is 1. The number of urea groups is 1. The number of nitrogens with zero attached hydrogens (tertiary/aromatic N) is 3. The predicted molar refractivity (Wildman–Crippen MR) is 97.7 cm³/mol. The highest BCUT2D eigenvalue weighted by molar-refractivity contribution is 5.74. The topological polar surface area (TPSA) is 71.4 Å². The first-order valence-electron chi connectivity index (χ1n) is 8.24. The molecular weight excluding hydrogens is 318 g/mol. The molecule has 2 rings (SSSR count). The van der Waals surface area contributed by atoms with Gasteiger partial charge in [0, 0.05) is 32.0 Å². The third kappa shape index (κ3) is 4.96. The molecule has 0 aliphatic heterocycles. The van der Waals surface area contributed by atoms with Gasteiger partial charge in [-0.2, -0.15) is 0 Å². The van der Waals surface area contributed by atoms with E-state index in [1.54, 1.807) is 13.3 Å². The number of aromatic nitrogens is 2. The van der Waals surface area contributed by atoms with Gasteiger partial charge >= 0.3 is 6.03 Å². The molecule has 136 valence electrons. The van der Waals surface area contributed by atoms with Gasteiger partial charge in [-0.25, -0.2) is 9.78 Å². The Bertz CT molecular complexity index is 681. The number of aryl methyl sites for hydroxylation is 1. The van der Waals surface area contributed by atoms with E-state index < -0.39 is 0 Å². The van der Waals surface area contributed by atoms with Crippen LogP contribution in [0.5, 0.6) is 5.75 Å². The molecule has 2 amide bonds. The Morgan fingerprint density at radius 3 is 2.52 bits per heavy atom. The summed E-state index contributed by atoms with van der Waals surface area (Å²) in [6.07, 6.45) is 3.58. The van der Waals surface area contributed by atoms with Gasteiger partial charge in [-0.15, -0.1) is 0 Å². The number of rotatable bonds is 7. The zero-order chi connectivity index (χ0) is 18.4. The van der Waals surface area contributed by atoms with Gasteiger partial charge in [0.05, 0.1) is 7.11 Å². The van der Waals surface area contributed by atoms with Gasteiger partial charge in [-0.3, -0.25) is 0 Å². The van der Waals surface area contributed by atoms with Crippen molar-refractivity contribution in [2.24, 2.45) is 7.05 Å². The fourth-order valence-corrected chi connectivity index (χ4v) is 2.35. The molecule has 0 spiro atoms. The van der Waals surface area contributed by atoms with E-state index in [0.717, 1.165) is 17.1 Å². The molecule has 1 aromatic heterocycles. The highest BCUT2D eigenvalue weighted by atomic mass is 16.5.